The number of hydrogen-bond acceptors (Lipinski definition) is 3. The molecule has 0 heterocycles. The molecule has 0 fully saturated rings. The average Bonchev–Trinajstić information content (AvgIpc) is 2.62. The number of nitrogens with zero attached hydrogens (tertiary/aromatic N) is 2. The lowest BCUT2D eigenvalue weighted by atomic mass is 9.95. The van der Waals surface area contributed by atoms with Gasteiger partial charge in [-0.2, -0.15) is 13.2 Å². The topological polar surface area (TPSA) is 45.1 Å². The van der Waals surface area contributed by atoms with Crippen molar-refractivity contribution >= 4 is 12.0 Å². The third-order valence-electron chi connectivity index (χ3n) is 4.56. The normalized spacial score (nSPS) is 14.2. The van der Waals surface area contributed by atoms with Gasteiger partial charge < -0.3 is 14.7 Å². The number of halogens is 3. The average molecular weight is 394 g/mol. The maximum Gasteiger partial charge on any atom is 0.421 e. The summed E-state index contributed by atoms with van der Waals surface area (Å²) >= 11 is 0. The SMILES string of the molecule is CCN(C)C=Nc1cc(C)c(Oc2cccc(C(C)(O)C(F)(F)F)c2)cc1C. The molecule has 1 N–H and O–H groups in total. The van der Waals surface area contributed by atoms with E-state index in [2.05, 4.69) is 4.99 Å². The Balaban J connectivity index is 2.31. The largest absolute Gasteiger partial charge is 0.457 e. The van der Waals surface area contributed by atoms with Crippen molar-refractivity contribution in [1.82, 2.24) is 4.90 Å². The van der Waals surface area contributed by atoms with Gasteiger partial charge in [0.05, 0.1) is 12.0 Å². The molecule has 0 saturated carbocycles. The van der Waals surface area contributed by atoms with Gasteiger partial charge >= 0.3 is 6.18 Å². The second-order valence-corrected chi connectivity index (χ2v) is 6.92. The van der Waals surface area contributed by atoms with E-state index in [1.807, 2.05) is 38.8 Å². The summed E-state index contributed by atoms with van der Waals surface area (Å²) in [6, 6.07) is 9.05. The number of ether oxygens (including phenoxy) is 1. The van der Waals surface area contributed by atoms with Crippen LogP contribution >= 0.6 is 0 Å². The number of rotatable bonds is 6. The fourth-order valence-corrected chi connectivity index (χ4v) is 2.42. The van der Waals surface area contributed by atoms with E-state index in [1.165, 1.54) is 18.2 Å². The number of aryl methyl sites for hydroxylation is 2. The van der Waals surface area contributed by atoms with Gasteiger partial charge in [0.15, 0.2) is 5.60 Å². The zero-order valence-electron chi connectivity index (χ0n) is 16.6. The van der Waals surface area contributed by atoms with Gasteiger partial charge in [0.25, 0.3) is 0 Å². The molecule has 28 heavy (non-hydrogen) atoms. The minimum absolute atomic E-state index is 0.214. The summed E-state index contributed by atoms with van der Waals surface area (Å²) in [5, 5.41) is 9.87. The van der Waals surface area contributed by atoms with Crippen molar-refractivity contribution < 1.29 is 23.0 Å². The van der Waals surface area contributed by atoms with Crippen molar-refractivity contribution in [2.75, 3.05) is 13.6 Å². The summed E-state index contributed by atoms with van der Waals surface area (Å²) in [6.45, 7) is 7.30. The standard InChI is InChI=1S/C21H25F3N2O2/c1-6-26(5)13-25-18-10-15(3)19(11-14(18)2)28-17-9-7-8-16(12-17)20(4,27)21(22,23)24/h7-13,27H,6H2,1-5H3. The van der Waals surface area contributed by atoms with Gasteiger partial charge in [0, 0.05) is 13.6 Å². The van der Waals surface area contributed by atoms with E-state index < -0.39 is 11.8 Å². The Kier molecular flexibility index (Phi) is 6.39. The molecule has 0 aromatic heterocycles. The van der Waals surface area contributed by atoms with Gasteiger partial charge in [0.1, 0.15) is 11.5 Å². The molecule has 0 spiro atoms. The Morgan fingerprint density at radius 1 is 1.14 bits per heavy atom. The highest BCUT2D eigenvalue weighted by molar-refractivity contribution is 5.64. The molecule has 0 aliphatic heterocycles. The van der Waals surface area contributed by atoms with E-state index >= 15 is 0 Å². The summed E-state index contributed by atoms with van der Waals surface area (Å²) in [7, 11) is 1.92. The molecule has 0 saturated heterocycles. The van der Waals surface area contributed by atoms with Crippen molar-refractivity contribution in [2.24, 2.45) is 4.99 Å². The molecule has 2 aromatic rings. The van der Waals surface area contributed by atoms with Gasteiger partial charge in [-0.1, -0.05) is 12.1 Å². The van der Waals surface area contributed by atoms with Crippen LogP contribution in [0.1, 0.15) is 30.5 Å². The third-order valence-corrected chi connectivity index (χ3v) is 4.56. The molecule has 2 rings (SSSR count). The second-order valence-electron chi connectivity index (χ2n) is 6.92. The smallest absolute Gasteiger partial charge is 0.421 e. The number of aliphatic imine (C=N–C) groups is 1. The van der Waals surface area contributed by atoms with E-state index in [0.717, 1.165) is 30.3 Å². The molecule has 0 radical (unpaired) electrons. The molecule has 2 aromatic carbocycles. The molecule has 1 atom stereocenters. The van der Waals surface area contributed by atoms with Crippen LogP contribution in [0.5, 0.6) is 11.5 Å². The Bertz CT molecular complexity index is 861. The minimum atomic E-state index is -4.79. The van der Waals surface area contributed by atoms with Gasteiger partial charge in [-0.25, -0.2) is 4.99 Å². The molecule has 0 aliphatic carbocycles. The molecule has 4 nitrogen and oxygen atoms in total. The lowest BCUT2D eigenvalue weighted by molar-refractivity contribution is -0.258. The van der Waals surface area contributed by atoms with Crippen LogP contribution in [0.25, 0.3) is 0 Å². The zero-order chi connectivity index (χ0) is 21.1. The van der Waals surface area contributed by atoms with Gasteiger partial charge in [-0.15, -0.1) is 0 Å². The summed E-state index contributed by atoms with van der Waals surface area (Å²) in [6.07, 6.45) is -3.05. The molecule has 152 valence electrons. The fourth-order valence-electron chi connectivity index (χ4n) is 2.42. The number of alkyl halides is 3. The van der Waals surface area contributed by atoms with Crippen LogP contribution in [-0.4, -0.2) is 36.1 Å². The highest BCUT2D eigenvalue weighted by Gasteiger charge is 2.51. The van der Waals surface area contributed by atoms with Gasteiger partial charge in [0.2, 0.25) is 0 Å². The first-order valence-electron chi connectivity index (χ1n) is 8.89. The monoisotopic (exact) mass is 394 g/mol. The second kappa shape index (κ2) is 8.22. The Hall–Kier alpha value is -2.54. The quantitative estimate of drug-likeness (QED) is 0.521. The van der Waals surface area contributed by atoms with Crippen LogP contribution in [0.4, 0.5) is 18.9 Å². The zero-order valence-corrected chi connectivity index (χ0v) is 16.6. The Labute approximate surface area is 163 Å². The van der Waals surface area contributed by atoms with Crippen LogP contribution < -0.4 is 4.74 Å². The van der Waals surface area contributed by atoms with Crippen molar-refractivity contribution in [3.05, 3.63) is 53.1 Å². The number of hydrogen-bond donors (Lipinski definition) is 1. The van der Waals surface area contributed by atoms with Crippen LogP contribution in [0.3, 0.4) is 0 Å². The summed E-state index contributed by atoms with van der Waals surface area (Å²) in [5.41, 5.74) is -0.777. The van der Waals surface area contributed by atoms with Crippen LogP contribution in [-0.2, 0) is 5.60 Å². The van der Waals surface area contributed by atoms with Crippen LogP contribution in [0, 0.1) is 13.8 Å². The Morgan fingerprint density at radius 3 is 2.43 bits per heavy atom. The van der Waals surface area contributed by atoms with Gasteiger partial charge in [-0.3, -0.25) is 0 Å². The number of benzene rings is 2. The van der Waals surface area contributed by atoms with E-state index in [1.54, 1.807) is 18.5 Å². The minimum Gasteiger partial charge on any atom is -0.457 e. The summed E-state index contributed by atoms with van der Waals surface area (Å²) in [4.78, 5) is 6.39. The van der Waals surface area contributed by atoms with Crippen molar-refractivity contribution in [3.63, 3.8) is 0 Å². The highest BCUT2D eigenvalue weighted by Crippen LogP contribution is 2.40. The lowest BCUT2D eigenvalue weighted by Crippen LogP contribution is -2.39. The van der Waals surface area contributed by atoms with E-state index in [0.29, 0.717) is 5.75 Å². The maximum absolute atomic E-state index is 13.1. The molecular weight excluding hydrogens is 369 g/mol. The molecule has 1 unspecified atom stereocenters. The van der Waals surface area contributed by atoms with Gasteiger partial charge in [-0.05, 0) is 68.7 Å². The molecule has 0 aliphatic rings. The van der Waals surface area contributed by atoms with E-state index in [-0.39, 0.29) is 11.3 Å². The molecule has 0 bridgehead atoms. The predicted molar refractivity (Wildman–Crippen MR) is 105 cm³/mol. The van der Waals surface area contributed by atoms with E-state index in [4.69, 9.17) is 4.74 Å². The van der Waals surface area contributed by atoms with Crippen molar-refractivity contribution in [2.45, 2.75) is 39.5 Å². The highest BCUT2D eigenvalue weighted by atomic mass is 19.4. The summed E-state index contributed by atoms with van der Waals surface area (Å²) < 4.78 is 45.1. The number of aliphatic hydroxyl groups is 1. The molecular formula is C21H25F3N2O2. The first-order chi connectivity index (χ1) is 13.0. The van der Waals surface area contributed by atoms with Crippen molar-refractivity contribution in [1.29, 1.82) is 0 Å². The van der Waals surface area contributed by atoms with E-state index in [9.17, 15) is 18.3 Å². The predicted octanol–water partition coefficient (Wildman–Crippen LogP) is 5.48. The van der Waals surface area contributed by atoms with Crippen LogP contribution in [0.15, 0.2) is 41.4 Å². The summed E-state index contributed by atoms with van der Waals surface area (Å²) in [5.74, 6) is 0.732. The van der Waals surface area contributed by atoms with Crippen molar-refractivity contribution in [3.8, 4) is 11.5 Å². The fraction of sp³-hybridized carbons (Fsp3) is 0.381. The molecule has 0 amide bonds. The van der Waals surface area contributed by atoms with Crippen LogP contribution in [0.2, 0.25) is 0 Å². The Morgan fingerprint density at radius 2 is 1.82 bits per heavy atom. The lowest BCUT2D eigenvalue weighted by Gasteiger charge is -2.27. The third kappa shape index (κ3) is 4.84. The maximum atomic E-state index is 13.1. The molecule has 7 heteroatoms. The first kappa shape index (κ1) is 21.8. The first-order valence-corrected chi connectivity index (χ1v) is 8.89.